The summed E-state index contributed by atoms with van der Waals surface area (Å²) >= 11 is 0. The molecule has 0 spiro atoms. The highest BCUT2D eigenvalue weighted by Gasteiger charge is 2.22. The van der Waals surface area contributed by atoms with Crippen LogP contribution in [0.15, 0.2) is 4.42 Å². The molecule has 0 fully saturated rings. The van der Waals surface area contributed by atoms with E-state index in [1.165, 1.54) is 12.0 Å². The topological polar surface area (TPSA) is 56.2 Å². The molecule has 1 aliphatic rings. The molecule has 0 aromatic carbocycles. The van der Waals surface area contributed by atoms with Crippen molar-refractivity contribution in [2.45, 2.75) is 32.6 Å². The Labute approximate surface area is 76.9 Å². The average Bonchev–Trinajstić information content (AvgIpc) is 2.45. The predicted octanol–water partition coefficient (Wildman–Crippen LogP) is 1.57. The van der Waals surface area contributed by atoms with E-state index in [1.54, 1.807) is 0 Å². The molecule has 0 unspecified atom stereocenters. The van der Waals surface area contributed by atoms with Crippen LogP contribution in [0.2, 0.25) is 0 Å². The minimum absolute atomic E-state index is 0.382. The second kappa shape index (κ2) is 2.91. The van der Waals surface area contributed by atoms with E-state index >= 15 is 0 Å². The summed E-state index contributed by atoms with van der Waals surface area (Å²) in [6.07, 6.45) is 4.28. The molecule has 13 heavy (non-hydrogen) atoms. The van der Waals surface area contributed by atoms with E-state index in [2.05, 4.69) is 0 Å². The van der Waals surface area contributed by atoms with Crippen LogP contribution in [0.25, 0.3) is 0 Å². The van der Waals surface area contributed by atoms with Crippen LogP contribution in [0.1, 0.15) is 40.3 Å². The molecule has 0 saturated heterocycles. The Balaban J connectivity index is 2.53. The molecule has 2 N–H and O–H groups in total. The fraction of sp³-hybridized carbons (Fsp3) is 0.500. The third-order valence-corrected chi connectivity index (χ3v) is 2.65. The standard InChI is InChI=1S/C10H13NO2/c1-6-7-4-2-3-5-8(7)9(13-6)10(11)12/h2-5H2,1H3,(H2,11,12). The number of carbonyl (C=O) groups excluding carboxylic acids is 1. The van der Waals surface area contributed by atoms with Gasteiger partial charge in [-0.3, -0.25) is 4.79 Å². The summed E-state index contributed by atoms with van der Waals surface area (Å²) in [4.78, 5) is 11.0. The van der Waals surface area contributed by atoms with Crippen LogP contribution in [0.5, 0.6) is 0 Å². The molecule has 0 saturated carbocycles. The molecule has 1 heterocycles. The zero-order valence-electron chi connectivity index (χ0n) is 7.72. The zero-order chi connectivity index (χ0) is 9.42. The fourth-order valence-electron chi connectivity index (χ4n) is 2.02. The second-order valence-corrected chi connectivity index (χ2v) is 3.52. The van der Waals surface area contributed by atoms with Crippen molar-refractivity contribution in [1.82, 2.24) is 0 Å². The Morgan fingerprint density at radius 3 is 2.54 bits per heavy atom. The maximum Gasteiger partial charge on any atom is 0.284 e. The van der Waals surface area contributed by atoms with Crippen LogP contribution >= 0.6 is 0 Å². The number of rotatable bonds is 1. The Kier molecular flexibility index (Phi) is 1.87. The van der Waals surface area contributed by atoms with E-state index in [0.717, 1.165) is 30.6 Å². The first-order valence-corrected chi connectivity index (χ1v) is 4.61. The van der Waals surface area contributed by atoms with Gasteiger partial charge in [-0.25, -0.2) is 0 Å². The van der Waals surface area contributed by atoms with Gasteiger partial charge in [0, 0.05) is 5.56 Å². The SMILES string of the molecule is Cc1oc(C(N)=O)c2c1CCCC2. The molecule has 2 rings (SSSR count). The van der Waals surface area contributed by atoms with Gasteiger partial charge in [0.2, 0.25) is 0 Å². The number of fused-ring (bicyclic) bond motifs is 1. The Hall–Kier alpha value is -1.25. The smallest absolute Gasteiger partial charge is 0.284 e. The lowest BCUT2D eigenvalue weighted by Gasteiger charge is -2.10. The minimum atomic E-state index is -0.439. The molecular weight excluding hydrogens is 166 g/mol. The van der Waals surface area contributed by atoms with Crippen LogP contribution in [0.3, 0.4) is 0 Å². The lowest BCUT2D eigenvalue weighted by atomic mass is 9.92. The number of aryl methyl sites for hydroxylation is 1. The van der Waals surface area contributed by atoms with Crippen LogP contribution in [0, 0.1) is 6.92 Å². The molecule has 0 atom stereocenters. The fourth-order valence-corrected chi connectivity index (χ4v) is 2.02. The highest BCUT2D eigenvalue weighted by atomic mass is 16.3. The van der Waals surface area contributed by atoms with Crippen LogP contribution in [-0.2, 0) is 12.8 Å². The van der Waals surface area contributed by atoms with E-state index in [-0.39, 0.29) is 0 Å². The van der Waals surface area contributed by atoms with Crippen molar-refractivity contribution in [3.8, 4) is 0 Å². The maximum atomic E-state index is 11.0. The van der Waals surface area contributed by atoms with Gasteiger partial charge in [-0.2, -0.15) is 0 Å². The second-order valence-electron chi connectivity index (χ2n) is 3.52. The van der Waals surface area contributed by atoms with Crippen molar-refractivity contribution in [1.29, 1.82) is 0 Å². The van der Waals surface area contributed by atoms with Gasteiger partial charge in [0.15, 0.2) is 5.76 Å². The largest absolute Gasteiger partial charge is 0.456 e. The molecule has 0 aliphatic heterocycles. The summed E-state index contributed by atoms with van der Waals surface area (Å²) in [6.45, 7) is 1.90. The van der Waals surface area contributed by atoms with Crippen molar-refractivity contribution in [3.63, 3.8) is 0 Å². The van der Waals surface area contributed by atoms with E-state index in [4.69, 9.17) is 10.2 Å². The number of carbonyl (C=O) groups is 1. The van der Waals surface area contributed by atoms with E-state index < -0.39 is 5.91 Å². The molecule has 0 bridgehead atoms. The van der Waals surface area contributed by atoms with Gasteiger partial charge in [-0.05, 0) is 38.2 Å². The average molecular weight is 179 g/mol. The van der Waals surface area contributed by atoms with Crippen molar-refractivity contribution in [2.75, 3.05) is 0 Å². The van der Waals surface area contributed by atoms with E-state index in [0.29, 0.717) is 5.76 Å². The molecular formula is C10H13NO2. The quantitative estimate of drug-likeness (QED) is 0.711. The van der Waals surface area contributed by atoms with Gasteiger partial charge in [0.25, 0.3) is 5.91 Å². The first-order chi connectivity index (χ1) is 6.20. The number of hydrogen-bond acceptors (Lipinski definition) is 2. The Morgan fingerprint density at radius 2 is 1.92 bits per heavy atom. The van der Waals surface area contributed by atoms with Gasteiger partial charge >= 0.3 is 0 Å². The molecule has 1 amide bonds. The van der Waals surface area contributed by atoms with E-state index in [1.807, 2.05) is 6.92 Å². The summed E-state index contributed by atoms with van der Waals surface area (Å²) in [5.74, 6) is 0.807. The third-order valence-electron chi connectivity index (χ3n) is 2.65. The maximum absolute atomic E-state index is 11.0. The van der Waals surface area contributed by atoms with Gasteiger partial charge in [-0.15, -0.1) is 0 Å². The predicted molar refractivity (Wildman–Crippen MR) is 48.6 cm³/mol. The van der Waals surface area contributed by atoms with Crippen molar-refractivity contribution < 1.29 is 9.21 Å². The Bertz CT molecular complexity index is 352. The summed E-state index contributed by atoms with van der Waals surface area (Å²) in [5, 5.41) is 0. The molecule has 1 aliphatic carbocycles. The summed E-state index contributed by atoms with van der Waals surface area (Å²) in [7, 11) is 0. The molecule has 70 valence electrons. The summed E-state index contributed by atoms with van der Waals surface area (Å²) < 4.78 is 5.35. The molecule has 3 nitrogen and oxygen atoms in total. The molecule has 0 radical (unpaired) electrons. The number of furan rings is 1. The van der Waals surface area contributed by atoms with Crippen molar-refractivity contribution in [2.24, 2.45) is 5.73 Å². The monoisotopic (exact) mass is 179 g/mol. The normalized spacial score (nSPS) is 15.5. The molecule has 3 heteroatoms. The minimum Gasteiger partial charge on any atom is -0.456 e. The van der Waals surface area contributed by atoms with Crippen molar-refractivity contribution >= 4 is 5.91 Å². The molecule has 1 aromatic rings. The van der Waals surface area contributed by atoms with E-state index in [9.17, 15) is 4.79 Å². The highest BCUT2D eigenvalue weighted by molar-refractivity contribution is 5.92. The van der Waals surface area contributed by atoms with Gasteiger partial charge in [0.05, 0.1) is 0 Å². The highest BCUT2D eigenvalue weighted by Crippen LogP contribution is 2.29. The Morgan fingerprint density at radius 1 is 1.31 bits per heavy atom. The van der Waals surface area contributed by atoms with Crippen LogP contribution in [-0.4, -0.2) is 5.91 Å². The lowest BCUT2D eigenvalue weighted by Crippen LogP contribution is -2.13. The van der Waals surface area contributed by atoms with Crippen molar-refractivity contribution in [3.05, 3.63) is 22.6 Å². The third kappa shape index (κ3) is 1.24. The molecule has 1 aromatic heterocycles. The van der Waals surface area contributed by atoms with Gasteiger partial charge < -0.3 is 10.2 Å². The number of hydrogen-bond donors (Lipinski definition) is 1. The lowest BCUT2D eigenvalue weighted by molar-refractivity contribution is 0.0971. The first-order valence-electron chi connectivity index (χ1n) is 4.61. The summed E-state index contributed by atoms with van der Waals surface area (Å²) in [6, 6.07) is 0. The van der Waals surface area contributed by atoms with Crippen LogP contribution in [0.4, 0.5) is 0 Å². The summed E-state index contributed by atoms with van der Waals surface area (Å²) in [5.41, 5.74) is 7.48. The first kappa shape index (κ1) is 8.35. The number of nitrogens with two attached hydrogens (primary N) is 1. The van der Waals surface area contributed by atoms with Crippen LogP contribution < -0.4 is 5.73 Å². The zero-order valence-corrected chi connectivity index (χ0v) is 7.72. The van der Waals surface area contributed by atoms with Gasteiger partial charge in [-0.1, -0.05) is 0 Å². The van der Waals surface area contributed by atoms with Gasteiger partial charge in [0.1, 0.15) is 5.76 Å². The number of amides is 1. The number of primary amides is 1.